The zero-order valence-corrected chi connectivity index (χ0v) is 4.93. The van der Waals surface area contributed by atoms with Crippen LogP contribution in [0, 0.1) is 0 Å². The van der Waals surface area contributed by atoms with Gasteiger partial charge in [-0.3, -0.25) is 0 Å². The number of aliphatic hydroxyl groups excluding tert-OH is 2. The third kappa shape index (κ3) is 3.37. The van der Waals surface area contributed by atoms with Gasteiger partial charge in [-0.05, 0) is 6.42 Å². The average Bonchev–Trinajstić information content (AvgIpc) is 1.87. The molecule has 0 aromatic rings. The highest BCUT2D eigenvalue weighted by Crippen LogP contribution is 2.02. The molecular formula is C5H10F2O2. The topological polar surface area (TPSA) is 40.5 Å². The first-order chi connectivity index (χ1) is 4.22. The Morgan fingerprint density at radius 2 is 2.00 bits per heavy atom. The summed E-state index contributed by atoms with van der Waals surface area (Å²) in [5.41, 5.74) is 0. The molecule has 0 radical (unpaired) electrons. The summed E-state index contributed by atoms with van der Waals surface area (Å²) in [6.07, 6.45) is -3.32. The van der Waals surface area contributed by atoms with Crippen molar-refractivity contribution in [1.82, 2.24) is 0 Å². The highest BCUT2D eigenvalue weighted by Gasteiger charge is 2.16. The van der Waals surface area contributed by atoms with E-state index in [1.807, 2.05) is 0 Å². The van der Waals surface area contributed by atoms with E-state index in [1.165, 1.54) is 0 Å². The Bertz CT molecular complexity index is 70.0. The molecule has 0 saturated heterocycles. The smallest absolute Gasteiger partial charge is 0.154 e. The summed E-state index contributed by atoms with van der Waals surface area (Å²) in [6.45, 7) is -1.51. The molecular weight excluding hydrogens is 130 g/mol. The van der Waals surface area contributed by atoms with Gasteiger partial charge in [0.2, 0.25) is 0 Å². The van der Waals surface area contributed by atoms with Crippen LogP contribution in [0.15, 0.2) is 0 Å². The molecule has 0 aromatic carbocycles. The Morgan fingerprint density at radius 1 is 1.44 bits per heavy atom. The van der Waals surface area contributed by atoms with Gasteiger partial charge in [0.25, 0.3) is 0 Å². The van der Waals surface area contributed by atoms with Gasteiger partial charge in [0.1, 0.15) is 6.67 Å². The van der Waals surface area contributed by atoms with Crippen LogP contribution >= 0.6 is 0 Å². The number of aliphatic hydroxyl groups is 2. The van der Waals surface area contributed by atoms with Crippen LogP contribution in [0.1, 0.15) is 6.42 Å². The molecule has 0 rings (SSSR count). The van der Waals surface area contributed by atoms with E-state index in [4.69, 9.17) is 10.2 Å². The fourth-order valence-electron chi connectivity index (χ4n) is 0.416. The lowest BCUT2D eigenvalue weighted by molar-refractivity contribution is 0.0429. The Kier molecular flexibility index (Phi) is 4.53. The molecule has 0 aliphatic heterocycles. The SMILES string of the molecule is OCCC(O)C(F)CF. The third-order valence-corrected chi connectivity index (χ3v) is 0.990. The molecule has 0 spiro atoms. The van der Waals surface area contributed by atoms with Gasteiger partial charge in [-0.15, -0.1) is 0 Å². The van der Waals surface area contributed by atoms with Crippen LogP contribution in [0.3, 0.4) is 0 Å². The molecule has 0 aliphatic carbocycles. The molecule has 2 unspecified atom stereocenters. The molecule has 2 N–H and O–H groups in total. The van der Waals surface area contributed by atoms with Crippen LogP contribution in [-0.4, -0.2) is 35.8 Å². The minimum absolute atomic E-state index is 0.106. The summed E-state index contributed by atoms with van der Waals surface area (Å²) in [4.78, 5) is 0. The second-order valence-corrected chi connectivity index (χ2v) is 1.75. The molecule has 0 bridgehead atoms. The normalized spacial score (nSPS) is 17.3. The lowest BCUT2D eigenvalue weighted by Crippen LogP contribution is -2.24. The van der Waals surface area contributed by atoms with Crippen LogP contribution in [-0.2, 0) is 0 Å². The van der Waals surface area contributed by atoms with Crippen LogP contribution in [0.25, 0.3) is 0 Å². The van der Waals surface area contributed by atoms with Gasteiger partial charge in [0.15, 0.2) is 6.17 Å². The van der Waals surface area contributed by atoms with Gasteiger partial charge in [-0.1, -0.05) is 0 Å². The minimum Gasteiger partial charge on any atom is -0.396 e. The lowest BCUT2D eigenvalue weighted by atomic mass is 10.2. The van der Waals surface area contributed by atoms with Crippen LogP contribution < -0.4 is 0 Å². The number of hydrogen-bond donors (Lipinski definition) is 2. The fourth-order valence-corrected chi connectivity index (χ4v) is 0.416. The van der Waals surface area contributed by atoms with Gasteiger partial charge in [-0.25, -0.2) is 8.78 Å². The van der Waals surface area contributed by atoms with Crippen molar-refractivity contribution in [3.63, 3.8) is 0 Å². The largest absolute Gasteiger partial charge is 0.396 e. The predicted octanol–water partition coefficient (Wildman–Crippen LogP) is 0.0373. The summed E-state index contributed by atoms with van der Waals surface area (Å²) in [7, 11) is 0. The van der Waals surface area contributed by atoms with Crippen LogP contribution in [0.2, 0.25) is 0 Å². The quantitative estimate of drug-likeness (QED) is 0.578. The Morgan fingerprint density at radius 3 is 2.33 bits per heavy atom. The zero-order valence-electron chi connectivity index (χ0n) is 4.93. The summed E-state index contributed by atoms with van der Waals surface area (Å²) in [5.74, 6) is 0. The van der Waals surface area contributed by atoms with Crippen molar-refractivity contribution >= 4 is 0 Å². The Balaban J connectivity index is 3.32. The number of halogens is 2. The van der Waals surface area contributed by atoms with Gasteiger partial charge < -0.3 is 10.2 Å². The summed E-state index contributed by atoms with van der Waals surface area (Å²) in [6, 6.07) is 0. The van der Waals surface area contributed by atoms with E-state index in [9.17, 15) is 8.78 Å². The van der Waals surface area contributed by atoms with Gasteiger partial charge in [0, 0.05) is 6.61 Å². The first-order valence-corrected chi connectivity index (χ1v) is 2.71. The molecule has 2 nitrogen and oxygen atoms in total. The van der Waals surface area contributed by atoms with Crippen molar-refractivity contribution in [2.75, 3.05) is 13.3 Å². The number of hydrogen-bond acceptors (Lipinski definition) is 2. The zero-order chi connectivity index (χ0) is 7.28. The molecule has 0 aromatic heterocycles. The fraction of sp³-hybridized carbons (Fsp3) is 1.00. The number of alkyl halides is 2. The molecule has 2 atom stereocenters. The van der Waals surface area contributed by atoms with E-state index in [-0.39, 0.29) is 13.0 Å². The average molecular weight is 140 g/mol. The molecule has 0 aliphatic rings. The first-order valence-electron chi connectivity index (χ1n) is 2.71. The standard InChI is InChI=1S/C5H10F2O2/c6-3-4(7)5(9)1-2-8/h4-5,8-9H,1-3H2. The minimum atomic E-state index is -1.85. The molecule has 56 valence electrons. The highest BCUT2D eigenvalue weighted by atomic mass is 19.2. The van der Waals surface area contributed by atoms with Crippen molar-refractivity contribution in [1.29, 1.82) is 0 Å². The predicted molar refractivity (Wildman–Crippen MR) is 28.6 cm³/mol. The van der Waals surface area contributed by atoms with E-state index in [2.05, 4.69) is 0 Å². The third-order valence-electron chi connectivity index (χ3n) is 0.990. The van der Waals surface area contributed by atoms with E-state index >= 15 is 0 Å². The van der Waals surface area contributed by atoms with Crippen molar-refractivity contribution in [2.45, 2.75) is 18.7 Å². The van der Waals surface area contributed by atoms with E-state index < -0.39 is 19.0 Å². The molecule has 9 heavy (non-hydrogen) atoms. The summed E-state index contributed by atoms with van der Waals surface area (Å²) in [5, 5.41) is 16.7. The maximum atomic E-state index is 12.0. The van der Waals surface area contributed by atoms with Gasteiger partial charge >= 0.3 is 0 Å². The van der Waals surface area contributed by atoms with Gasteiger partial charge in [0.05, 0.1) is 6.10 Å². The number of rotatable bonds is 4. The van der Waals surface area contributed by atoms with Crippen LogP contribution in [0.4, 0.5) is 8.78 Å². The molecule has 0 heterocycles. The maximum Gasteiger partial charge on any atom is 0.154 e. The second kappa shape index (κ2) is 4.64. The van der Waals surface area contributed by atoms with Crippen molar-refractivity contribution in [3.8, 4) is 0 Å². The first kappa shape index (κ1) is 8.78. The van der Waals surface area contributed by atoms with Gasteiger partial charge in [-0.2, -0.15) is 0 Å². The van der Waals surface area contributed by atoms with E-state index in [0.717, 1.165) is 0 Å². The lowest BCUT2D eigenvalue weighted by Gasteiger charge is -2.09. The molecule has 0 saturated carbocycles. The van der Waals surface area contributed by atoms with E-state index in [1.54, 1.807) is 0 Å². The highest BCUT2D eigenvalue weighted by molar-refractivity contribution is 4.65. The molecule has 0 fully saturated rings. The van der Waals surface area contributed by atoms with Crippen molar-refractivity contribution < 1.29 is 19.0 Å². The monoisotopic (exact) mass is 140 g/mol. The van der Waals surface area contributed by atoms with Crippen LogP contribution in [0.5, 0.6) is 0 Å². The van der Waals surface area contributed by atoms with Crippen molar-refractivity contribution in [2.24, 2.45) is 0 Å². The second-order valence-electron chi connectivity index (χ2n) is 1.75. The van der Waals surface area contributed by atoms with E-state index in [0.29, 0.717) is 0 Å². The Hall–Kier alpha value is -0.220. The Labute approximate surface area is 52.1 Å². The summed E-state index contributed by atoms with van der Waals surface area (Å²) < 4.78 is 23.3. The maximum absolute atomic E-state index is 12.0. The molecule has 4 heteroatoms. The van der Waals surface area contributed by atoms with Crippen molar-refractivity contribution in [3.05, 3.63) is 0 Å². The summed E-state index contributed by atoms with van der Waals surface area (Å²) >= 11 is 0. The molecule has 0 amide bonds.